The molecule has 5 heteroatoms. The molecule has 1 heterocycles. The van der Waals surface area contributed by atoms with Gasteiger partial charge in [0.25, 0.3) is 0 Å². The van der Waals surface area contributed by atoms with E-state index in [0.29, 0.717) is 27.5 Å². The number of ether oxygens (including phenoxy) is 1. The van der Waals surface area contributed by atoms with Gasteiger partial charge in [-0.2, -0.15) is 0 Å². The number of aromatic nitrogens is 1. The average Bonchev–Trinajstić information content (AvgIpc) is 2.50. The Bertz CT molecular complexity index is 807. The molecular formula is C16H12ClFN2O. The van der Waals surface area contributed by atoms with Gasteiger partial charge in [-0.25, -0.2) is 4.39 Å². The van der Waals surface area contributed by atoms with Gasteiger partial charge in [0, 0.05) is 22.8 Å². The summed E-state index contributed by atoms with van der Waals surface area (Å²) in [7, 11) is 0. The van der Waals surface area contributed by atoms with E-state index in [1.807, 2.05) is 12.1 Å². The molecule has 3 nitrogen and oxygen atoms in total. The molecule has 3 rings (SSSR count). The number of fused-ring (bicyclic) bond motifs is 1. The first-order chi connectivity index (χ1) is 10.1. The summed E-state index contributed by atoms with van der Waals surface area (Å²) in [6, 6.07) is 11.4. The van der Waals surface area contributed by atoms with Crippen molar-refractivity contribution >= 4 is 28.2 Å². The zero-order valence-corrected chi connectivity index (χ0v) is 11.8. The Balaban J connectivity index is 1.92. The zero-order valence-electron chi connectivity index (χ0n) is 11.0. The number of benzene rings is 2. The molecule has 0 amide bonds. The van der Waals surface area contributed by atoms with Gasteiger partial charge in [-0.1, -0.05) is 11.6 Å². The number of halogens is 2. The van der Waals surface area contributed by atoms with Crippen LogP contribution in [-0.4, -0.2) is 4.98 Å². The molecule has 106 valence electrons. The van der Waals surface area contributed by atoms with E-state index in [1.165, 1.54) is 18.2 Å². The van der Waals surface area contributed by atoms with Crippen molar-refractivity contribution in [3.05, 3.63) is 65.1 Å². The van der Waals surface area contributed by atoms with Crippen molar-refractivity contribution in [2.75, 3.05) is 5.73 Å². The highest BCUT2D eigenvalue weighted by Gasteiger charge is 2.08. The van der Waals surface area contributed by atoms with E-state index in [1.54, 1.807) is 18.3 Å². The Morgan fingerprint density at radius 2 is 2.05 bits per heavy atom. The van der Waals surface area contributed by atoms with Crippen molar-refractivity contribution in [3.63, 3.8) is 0 Å². The molecule has 2 N–H and O–H groups in total. The first kappa shape index (κ1) is 13.6. The van der Waals surface area contributed by atoms with Crippen molar-refractivity contribution in [1.29, 1.82) is 0 Å². The van der Waals surface area contributed by atoms with E-state index in [0.717, 1.165) is 5.39 Å². The van der Waals surface area contributed by atoms with Gasteiger partial charge in [-0.3, -0.25) is 4.98 Å². The first-order valence-electron chi connectivity index (χ1n) is 6.35. The summed E-state index contributed by atoms with van der Waals surface area (Å²) in [5, 5.41) is 1.42. The normalized spacial score (nSPS) is 10.8. The van der Waals surface area contributed by atoms with Gasteiger partial charge in [0.1, 0.15) is 23.7 Å². The van der Waals surface area contributed by atoms with Crippen molar-refractivity contribution < 1.29 is 9.13 Å². The topological polar surface area (TPSA) is 48.1 Å². The number of nitrogens with zero attached hydrogens (tertiary/aromatic N) is 1. The minimum atomic E-state index is -0.345. The Hall–Kier alpha value is -2.33. The molecule has 0 unspecified atom stereocenters. The minimum Gasteiger partial charge on any atom is -0.487 e. The number of nitrogen functional groups attached to an aromatic ring is 1. The van der Waals surface area contributed by atoms with Gasteiger partial charge in [0.15, 0.2) is 0 Å². The van der Waals surface area contributed by atoms with E-state index in [2.05, 4.69) is 4.98 Å². The molecule has 0 radical (unpaired) electrons. The van der Waals surface area contributed by atoms with Crippen LogP contribution in [0.2, 0.25) is 5.02 Å². The second-order valence-corrected chi connectivity index (χ2v) is 4.98. The van der Waals surface area contributed by atoms with Crippen molar-refractivity contribution in [3.8, 4) is 5.75 Å². The van der Waals surface area contributed by atoms with Crippen LogP contribution in [-0.2, 0) is 6.61 Å². The Kier molecular flexibility index (Phi) is 3.62. The maximum atomic E-state index is 13.2. The molecule has 0 atom stereocenters. The molecule has 0 aliphatic rings. The lowest BCUT2D eigenvalue weighted by Crippen LogP contribution is -2.01. The lowest BCUT2D eigenvalue weighted by molar-refractivity contribution is 0.309. The predicted octanol–water partition coefficient (Wildman–Crippen LogP) is 4.19. The number of nitrogens with two attached hydrogens (primary N) is 1. The van der Waals surface area contributed by atoms with Gasteiger partial charge in [0.05, 0.1) is 5.02 Å². The third-order valence-electron chi connectivity index (χ3n) is 3.17. The first-order valence-corrected chi connectivity index (χ1v) is 6.73. The van der Waals surface area contributed by atoms with Crippen LogP contribution in [0.1, 0.15) is 5.56 Å². The Labute approximate surface area is 126 Å². The molecule has 0 fully saturated rings. The van der Waals surface area contributed by atoms with Crippen LogP contribution in [0.15, 0.2) is 48.7 Å². The second kappa shape index (κ2) is 5.58. The van der Waals surface area contributed by atoms with E-state index >= 15 is 0 Å². The summed E-state index contributed by atoms with van der Waals surface area (Å²) in [4.78, 5) is 4.28. The third kappa shape index (κ3) is 2.76. The minimum absolute atomic E-state index is 0.164. The summed E-state index contributed by atoms with van der Waals surface area (Å²) in [5.41, 5.74) is 7.55. The summed E-state index contributed by atoms with van der Waals surface area (Å²) in [6.07, 6.45) is 1.67. The molecule has 0 aliphatic carbocycles. The molecule has 3 aromatic rings. The van der Waals surface area contributed by atoms with Gasteiger partial charge in [0.2, 0.25) is 0 Å². The predicted molar refractivity (Wildman–Crippen MR) is 81.9 cm³/mol. The summed E-state index contributed by atoms with van der Waals surface area (Å²) >= 11 is 6.13. The monoisotopic (exact) mass is 302 g/mol. The molecular weight excluding hydrogens is 291 g/mol. The van der Waals surface area contributed by atoms with Crippen LogP contribution >= 0.6 is 11.6 Å². The molecule has 0 saturated heterocycles. The zero-order chi connectivity index (χ0) is 14.8. The van der Waals surface area contributed by atoms with Crippen LogP contribution in [0.5, 0.6) is 5.75 Å². The molecule has 21 heavy (non-hydrogen) atoms. The van der Waals surface area contributed by atoms with E-state index in [9.17, 15) is 4.39 Å². The number of hydrogen-bond donors (Lipinski definition) is 1. The smallest absolute Gasteiger partial charge is 0.146 e. The number of hydrogen-bond acceptors (Lipinski definition) is 3. The second-order valence-electron chi connectivity index (χ2n) is 4.58. The maximum absolute atomic E-state index is 13.2. The highest BCUT2D eigenvalue weighted by Crippen LogP contribution is 2.30. The fourth-order valence-corrected chi connectivity index (χ4v) is 2.30. The quantitative estimate of drug-likeness (QED) is 0.738. The van der Waals surface area contributed by atoms with Crippen LogP contribution in [0.4, 0.5) is 10.1 Å². The number of rotatable bonds is 3. The summed E-state index contributed by atoms with van der Waals surface area (Å²) in [5.74, 6) is 0.237. The highest BCUT2D eigenvalue weighted by molar-refractivity contribution is 6.35. The Morgan fingerprint density at radius 1 is 1.19 bits per heavy atom. The molecule has 0 spiro atoms. The molecule has 2 aromatic carbocycles. The SMILES string of the molecule is Nc1ccc(F)cc1COc1ccc(Cl)c2cccnc12. The highest BCUT2D eigenvalue weighted by atomic mass is 35.5. The van der Waals surface area contributed by atoms with Crippen molar-refractivity contribution in [2.24, 2.45) is 0 Å². The number of anilines is 1. The van der Waals surface area contributed by atoms with Crippen LogP contribution in [0.3, 0.4) is 0 Å². The van der Waals surface area contributed by atoms with Crippen molar-refractivity contribution in [2.45, 2.75) is 6.61 Å². The summed E-state index contributed by atoms with van der Waals surface area (Å²) < 4.78 is 19.0. The van der Waals surface area contributed by atoms with Crippen LogP contribution in [0.25, 0.3) is 10.9 Å². The fraction of sp³-hybridized carbons (Fsp3) is 0.0625. The molecule has 0 bridgehead atoms. The maximum Gasteiger partial charge on any atom is 0.146 e. The Morgan fingerprint density at radius 3 is 2.90 bits per heavy atom. The van der Waals surface area contributed by atoms with E-state index in [-0.39, 0.29) is 12.4 Å². The van der Waals surface area contributed by atoms with Gasteiger partial charge in [-0.15, -0.1) is 0 Å². The molecule has 0 saturated carbocycles. The van der Waals surface area contributed by atoms with E-state index < -0.39 is 0 Å². The van der Waals surface area contributed by atoms with Gasteiger partial charge < -0.3 is 10.5 Å². The van der Waals surface area contributed by atoms with Gasteiger partial charge >= 0.3 is 0 Å². The van der Waals surface area contributed by atoms with Crippen LogP contribution < -0.4 is 10.5 Å². The van der Waals surface area contributed by atoms with Gasteiger partial charge in [-0.05, 0) is 42.5 Å². The lowest BCUT2D eigenvalue weighted by Gasteiger charge is -2.11. The third-order valence-corrected chi connectivity index (χ3v) is 3.50. The molecule has 1 aromatic heterocycles. The van der Waals surface area contributed by atoms with Crippen molar-refractivity contribution in [1.82, 2.24) is 4.98 Å². The summed E-state index contributed by atoms with van der Waals surface area (Å²) in [6.45, 7) is 0.164. The van der Waals surface area contributed by atoms with E-state index in [4.69, 9.17) is 22.1 Å². The molecule has 0 aliphatic heterocycles. The van der Waals surface area contributed by atoms with Crippen LogP contribution in [0, 0.1) is 5.82 Å². The lowest BCUT2D eigenvalue weighted by atomic mass is 10.2. The average molecular weight is 303 g/mol. The number of pyridine rings is 1. The largest absolute Gasteiger partial charge is 0.487 e. The standard InChI is InChI=1S/C16H12ClFN2O/c17-13-4-6-15(16-12(13)2-1-7-20-16)21-9-10-8-11(18)3-5-14(10)19/h1-8H,9,19H2. The fourth-order valence-electron chi connectivity index (χ4n) is 2.08.